The van der Waals surface area contributed by atoms with E-state index < -0.39 is 9.84 Å². The number of thioether (sulfide) groups is 1. The summed E-state index contributed by atoms with van der Waals surface area (Å²) in [4.78, 5) is 26.3. The molecular weight excluding hydrogens is 411 g/mol. The number of halogens is 1. The molecule has 0 saturated carbocycles. The predicted molar refractivity (Wildman–Crippen MR) is 106 cm³/mol. The summed E-state index contributed by atoms with van der Waals surface area (Å²) in [6.45, 7) is 0.122. The van der Waals surface area contributed by atoms with E-state index in [1.165, 1.54) is 17.0 Å². The summed E-state index contributed by atoms with van der Waals surface area (Å²) < 4.78 is 36.2. The number of hydrogen-bond donors (Lipinski definition) is 1. The number of thiocarbonyl (C=S) groups is 1. The van der Waals surface area contributed by atoms with Gasteiger partial charge in [-0.1, -0.05) is 36.1 Å². The van der Waals surface area contributed by atoms with Crippen molar-refractivity contribution in [1.29, 1.82) is 0 Å². The Morgan fingerprint density at radius 2 is 2.07 bits per heavy atom. The molecule has 0 bridgehead atoms. The molecule has 0 aliphatic carbocycles. The maximum atomic E-state index is 13.0. The molecule has 2 aliphatic heterocycles. The van der Waals surface area contributed by atoms with Crippen molar-refractivity contribution in [2.75, 3.05) is 18.1 Å². The van der Waals surface area contributed by atoms with Gasteiger partial charge in [0.2, 0.25) is 5.91 Å². The first-order valence-electron chi connectivity index (χ1n) is 8.24. The monoisotopic (exact) mass is 428 g/mol. The van der Waals surface area contributed by atoms with E-state index in [4.69, 9.17) is 12.2 Å². The highest BCUT2D eigenvalue weighted by Gasteiger charge is 2.33. The van der Waals surface area contributed by atoms with Crippen molar-refractivity contribution in [3.05, 3.63) is 40.6 Å². The summed E-state index contributed by atoms with van der Waals surface area (Å²) in [5.74, 6) is -0.930. The van der Waals surface area contributed by atoms with Gasteiger partial charge in [-0.3, -0.25) is 14.5 Å². The fourth-order valence-corrected chi connectivity index (χ4v) is 5.81. The van der Waals surface area contributed by atoms with Gasteiger partial charge in [-0.15, -0.1) is 0 Å². The van der Waals surface area contributed by atoms with Crippen LogP contribution in [0.1, 0.15) is 18.4 Å². The molecule has 144 valence electrons. The molecule has 2 saturated heterocycles. The minimum absolute atomic E-state index is 0.0345. The van der Waals surface area contributed by atoms with Gasteiger partial charge in [-0.2, -0.15) is 0 Å². The zero-order valence-corrected chi connectivity index (χ0v) is 16.6. The molecule has 1 aromatic carbocycles. The zero-order valence-electron chi connectivity index (χ0n) is 14.2. The Morgan fingerprint density at radius 1 is 1.37 bits per heavy atom. The average Bonchev–Trinajstić information content (AvgIpc) is 3.07. The van der Waals surface area contributed by atoms with Crippen LogP contribution in [0.2, 0.25) is 0 Å². The number of carbonyl (C=O) groups is 2. The molecule has 0 aromatic heterocycles. The van der Waals surface area contributed by atoms with Crippen molar-refractivity contribution in [2.45, 2.75) is 18.9 Å². The quantitative estimate of drug-likeness (QED) is 0.568. The van der Waals surface area contributed by atoms with Crippen LogP contribution in [0.3, 0.4) is 0 Å². The summed E-state index contributed by atoms with van der Waals surface area (Å²) >= 11 is 6.34. The van der Waals surface area contributed by atoms with Crippen LogP contribution in [0.15, 0.2) is 29.2 Å². The first kappa shape index (κ1) is 20.0. The second-order valence-corrected chi connectivity index (χ2v) is 10.2. The maximum Gasteiger partial charge on any atom is 0.266 e. The summed E-state index contributed by atoms with van der Waals surface area (Å²) in [6, 6.07) is 5.36. The minimum Gasteiger partial charge on any atom is -0.352 e. The summed E-state index contributed by atoms with van der Waals surface area (Å²) in [5, 5.41) is 2.69. The lowest BCUT2D eigenvalue weighted by atomic mass is 10.2. The lowest BCUT2D eigenvalue weighted by molar-refractivity contribution is -0.124. The van der Waals surface area contributed by atoms with Crippen LogP contribution >= 0.6 is 24.0 Å². The molecular formula is C17H17FN2O4S3. The average molecular weight is 429 g/mol. The molecule has 1 N–H and O–H groups in total. The number of nitrogens with zero attached hydrogens (tertiary/aromatic N) is 1. The standard InChI is InChI=1S/C17H17FN2O4S3/c18-12-3-1-11(2-4-12)9-14-16(22)20(17(25)26-14)7-5-15(21)19-13-6-8-27(23,24)10-13/h1-4,9,13H,5-8,10H2,(H,19,21)/b14-9-/t13-/m0/s1. The molecule has 10 heteroatoms. The normalized spacial score (nSPS) is 23.2. The summed E-state index contributed by atoms with van der Waals surface area (Å²) in [7, 11) is -3.06. The molecule has 2 heterocycles. The lowest BCUT2D eigenvalue weighted by Gasteiger charge is -2.15. The van der Waals surface area contributed by atoms with Crippen LogP contribution in [0.4, 0.5) is 4.39 Å². The molecule has 0 spiro atoms. The molecule has 2 aliphatic rings. The Kier molecular flexibility index (Phi) is 5.97. The van der Waals surface area contributed by atoms with Crippen LogP contribution in [-0.2, 0) is 19.4 Å². The molecule has 3 rings (SSSR count). The van der Waals surface area contributed by atoms with Gasteiger partial charge >= 0.3 is 0 Å². The summed E-state index contributed by atoms with van der Waals surface area (Å²) in [6.07, 6.45) is 2.07. The molecule has 1 aromatic rings. The Hall–Kier alpha value is -1.78. The Bertz CT molecular complexity index is 913. The van der Waals surface area contributed by atoms with E-state index in [2.05, 4.69) is 5.32 Å². The van der Waals surface area contributed by atoms with Crippen LogP contribution in [-0.4, -0.2) is 53.5 Å². The third-order valence-corrected chi connectivity index (χ3v) is 7.35. The van der Waals surface area contributed by atoms with Gasteiger partial charge < -0.3 is 5.32 Å². The number of nitrogens with one attached hydrogen (secondary N) is 1. The Morgan fingerprint density at radius 3 is 2.70 bits per heavy atom. The van der Waals surface area contributed by atoms with E-state index in [-0.39, 0.29) is 48.1 Å². The molecule has 1 atom stereocenters. The maximum absolute atomic E-state index is 13.0. The molecule has 2 amide bonds. The van der Waals surface area contributed by atoms with E-state index in [1.807, 2.05) is 0 Å². The smallest absolute Gasteiger partial charge is 0.266 e. The second kappa shape index (κ2) is 8.07. The van der Waals surface area contributed by atoms with Crippen molar-refractivity contribution in [1.82, 2.24) is 10.2 Å². The van der Waals surface area contributed by atoms with E-state index in [0.717, 1.165) is 11.8 Å². The lowest BCUT2D eigenvalue weighted by Crippen LogP contribution is -2.38. The number of amides is 2. The van der Waals surface area contributed by atoms with Crippen LogP contribution in [0.5, 0.6) is 0 Å². The molecule has 2 fully saturated rings. The predicted octanol–water partition coefficient (Wildman–Crippen LogP) is 1.72. The largest absolute Gasteiger partial charge is 0.352 e. The summed E-state index contributed by atoms with van der Waals surface area (Å²) in [5.41, 5.74) is 0.678. The Labute approximate surface area is 166 Å². The first-order chi connectivity index (χ1) is 12.7. The number of benzene rings is 1. The van der Waals surface area contributed by atoms with Crippen molar-refractivity contribution < 1.29 is 22.4 Å². The van der Waals surface area contributed by atoms with Crippen LogP contribution in [0, 0.1) is 5.82 Å². The molecule has 0 unspecified atom stereocenters. The van der Waals surface area contributed by atoms with E-state index in [1.54, 1.807) is 18.2 Å². The van der Waals surface area contributed by atoms with Gasteiger partial charge in [0.1, 0.15) is 10.1 Å². The zero-order chi connectivity index (χ0) is 19.6. The second-order valence-electron chi connectivity index (χ2n) is 6.30. The third-order valence-electron chi connectivity index (χ3n) is 4.20. The highest BCUT2D eigenvalue weighted by atomic mass is 32.2. The number of sulfone groups is 1. The Balaban J connectivity index is 1.56. The van der Waals surface area contributed by atoms with Crippen molar-refractivity contribution >= 4 is 56.0 Å². The number of rotatable bonds is 5. The fourth-order valence-electron chi connectivity index (χ4n) is 2.83. The number of hydrogen-bond acceptors (Lipinski definition) is 6. The van der Waals surface area contributed by atoms with Crippen molar-refractivity contribution in [2.24, 2.45) is 0 Å². The van der Waals surface area contributed by atoms with Crippen LogP contribution < -0.4 is 5.32 Å². The molecule has 0 radical (unpaired) electrons. The topological polar surface area (TPSA) is 83.6 Å². The van der Waals surface area contributed by atoms with E-state index in [9.17, 15) is 22.4 Å². The van der Waals surface area contributed by atoms with Crippen molar-refractivity contribution in [3.63, 3.8) is 0 Å². The van der Waals surface area contributed by atoms with Gasteiger partial charge in [0.25, 0.3) is 5.91 Å². The van der Waals surface area contributed by atoms with E-state index in [0.29, 0.717) is 21.2 Å². The highest BCUT2D eigenvalue weighted by Crippen LogP contribution is 2.32. The van der Waals surface area contributed by atoms with Gasteiger partial charge in [-0.05, 0) is 30.2 Å². The molecule has 6 nitrogen and oxygen atoms in total. The molecule has 27 heavy (non-hydrogen) atoms. The fraction of sp³-hybridized carbons (Fsp3) is 0.353. The van der Waals surface area contributed by atoms with Crippen LogP contribution in [0.25, 0.3) is 6.08 Å². The third kappa shape index (κ3) is 5.14. The van der Waals surface area contributed by atoms with Gasteiger partial charge in [-0.25, -0.2) is 12.8 Å². The highest BCUT2D eigenvalue weighted by molar-refractivity contribution is 8.26. The van der Waals surface area contributed by atoms with Gasteiger partial charge in [0.15, 0.2) is 9.84 Å². The van der Waals surface area contributed by atoms with Crippen molar-refractivity contribution in [3.8, 4) is 0 Å². The minimum atomic E-state index is -3.06. The SMILES string of the molecule is O=C(CCN1C(=O)/C(=C/c2ccc(F)cc2)SC1=S)N[C@H]1CCS(=O)(=O)C1. The number of carbonyl (C=O) groups excluding carboxylic acids is 2. The van der Waals surface area contributed by atoms with E-state index >= 15 is 0 Å². The first-order valence-corrected chi connectivity index (χ1v) is 11.3. The van der Waals surface area contributed by atoms with Gasteiger partial charge in [0.05, 0.1) is 16.4 Å². The van der Waals surface area contributed by atoms with Gasteiger partial charge in [0, 0.05) is 19.0 Å².